The zero-order valence-corrected chi connectivity index (χ0v) is 17.6. The van der Waals surface area contributed by atoms with E-state index in [0.29, 0.717) is 23.5 Å². The van der Waals surface area contributed by atoms with E-state index in [-0.39, 0.29) is 11.3 Å². The highest BCUT2D eigenvalue weighted by atomic mass is 19.4. The van der Waals surface area contributed by atoms with Crippen molar-refractivity contribution in [2.24, 2.45) is 7.05 Å². The topological polar surface area (TPSA) is 119 Å². The van der Waals surface area contributed by atoms with Crippen molar-refractivity contribution in [1.82, 2.24) is 19.4 Å². The molecule has 0 aromatic carbocycles. The number of alkyl halides is 3. The van der Waals surface area contributed by atoms with Crippen molar-refractivity contribution < 1.29 is 32.6 Å². The number of carboxylic acids is 1. The molecule has 1 saturated heterocycles. The first-order valence-electron chi connectivity index (χ1n) is 9.36. The lowest BCUT2D eigenvalue weighted by atomic mass is 10.3. The third-order valence-electron chi connectivity index (χ3n) is 4.57. The van der Waals surface area contributed by atoms with E-state index in [9.17, 15) is 22.8 Å². The van der Waals surface area contributed by atoms with Crippen molar-refractivity contribution in [1.29, 1.82) is 0 Å². The lowest BCUT2D eigenvalue weighted by Gasteiger charge is -2.28. The maximum atomic E-state index is 12.9. The largest absolute Gasteiger partial charge is 0.490 e. The average Bonchev–Trinajstić information content (AvgIpc) is 3.13. The fraction of sp³-hybridized carbons (Fsp3) is 0.474. The van der Waals surface area contributed by atoms with E-state index in [4.69, 9.17) is 14.6 Å². The van der Waals surface area contributed by atoms with Gasteiger partial charge >= 0.3 is 18.1 Å². The van der Waals surface area contributed by atoms with E-state index in [1.807, 2.05) is 4.57 Å². The van der Waals surface area contributed by atoms with E-state index in [1.165, 1.54) is 11.7 Å². The molecule has 174 valence electrons. The number of pyridine rings is 1. The highest BCUT2D eigenvalue weighted by Crippen LogP contribution is 2.22. The van der Waals surface area contributed by atoms with E-state index in [1.54, 1.807) is 20.0 Å². The second-order valence-corrected chi connectivity index (χ2v) is 6.58. The number of carboxylic acid groups (broad SMARTS) is 1. The minimum Gasteiger partial charge on any atom is -0.475 e. The van der Waals surface area contributed by atoms with Gasteiger partial charge in [0, 0.05) is 33.2 Å². The number of aliphatic carboxylic acids is 1. The van der Waals surface area contributed by atoms with E-state index in [2.05, 4.69) is 27.0 Å². The van der Waals surface area contributed by atoms with Gasteiger partial charge in [0.25, 0.3) is 5.56 Å². The van der Waals surface area contributed by atoms with Gasteiger partial charge in [0.1, 0.15) is 11.2 Å². The van der Waals surface area contributed by atoms with Crippen molar-refractivity contribution in [3.8, 4) is 11.8 Å². The summed E-state index contributed by atoms with van der Waals surface area (Å²) in [6.45, 7) is 5.44. The number of fused-ring (bicyclic) bond motifs is 1. The third-order valence-corrected chi connectivity index (χ3v) is 4.57. The van der Waals surface area contributed by atoms with Gasteiger partial charge in [-0.2, -0.15) is 13.2 Å². The Hall–Kier alpha value is -3.53. The molecule has 1 fully saturated rings. The van der Waals surface area contributed by atoms with E-state index >= 15 is 0 Å². The number of methoxy groups -OCH3 is 1. The van der Waals surface area contributed by atoms with Crippen LogP contribution in [-0.4, -0.2) is 70.6 Å². The van der Waals surface area contributed by atoms with Crippen LogP contribution in [0.4, 0.5) is 19.1 Å². The van der Waals surface area contributed by atoms with Gasteiger partial charge in [-0.15, -0.1) is 5.92 Å². The molecule has 3 heterocycles. The summed E-state index contributed by atoms with van der Waals surface area (Å²) in [7, 11) is 2.85. The molecule has 1 aliphatic rings. The minimum absolute atomic E-state index is 0.179. The predicted octanol–water partition coefficient (Wildman–Crippen LogP) is 0.588. The molecule has 0 atom stereocenters. The number of nitrogens with one attached hydrogen (secondary N) is 1. The van der Waals surface area contributed by atoms with E-state index in [0.717, 1.165) is 26.2 Å². The van der Waals surface area contributed by atoms with Crippen LogP contribution in [0.25, 0.3) is 11.0 Å². The van der Waals surface area contributed by atoms with Crippen molar-refractivity contribution >= 4 is 28.9 Å². The van der Waals surface area contributed by atoms with Crippen LogP contribution in [0.5, 0.6) is 0 Å². The quantitative estimate of drug-likeness (QED) is 0.508. The summed E-state index contributed by atoms with van der Waals surface area (Å²) in [6, 6.07) is 1.60. The third kappa shape index (κ3) is 5.38. The lowest BCUT2D eigenvalue weighted by Crippen LogP contribution is -2.44. The van der Waals surface area contributed by atoms with Gasteiger partial charge in [-0.3, -0.25) is 9.36 Å². The Morgan fingerprint density at radius 2 is 1.91 bits per heavy atom. The summed E-state index contributed by atoms with van der Waals surface area (Å²) in [5.74, 6) is 3.26. The lowest BCUT2D eigenvalue weighted by molar-refractivity contribution is -0.192. The Morgan fingerprint density at radius 1 is 1.31 bits per heavy atom. The molecule has 3 rings (SSSR count). The summed E-state index contributed by atoms with van der Waals surface area (Å²) in [4.78, 5) is 40.5. The van der Waals surface area contributed by atoms with Crippen molar-refractivity contribution in [2.45, 2.75) is 19.6 Å². The molecule has 10 nitrogen and oxygen atoms in total. The van der Waals surface area contributed by atoms with Gasteiger partial charge in [0.2, 0.25) is 5.95 Å². The summed E-state index contributed by atoms with van der Waals surface area (Å²) in [6.07, 6.45) is -5.08. The second kappa shape index (κ2) is 10.2. The molecule has 0 saturated carbocycles. The smallest absolute Gasteiger partial charge is 0.475 e. The fourth-order valence-corrected chi connectivity index (χ4v) is 2.99. The minimum atomic E-state index is -5.08. The van der Waals surface area contributed by atoms with Gasteiger partial charge in [0.15, 0.2) is 0 Å². The Bertz CT molecular complexity index is 1120. The van der Waals surface area contributed by atoms with Crippen LogP contribution in [-0.2, 0) is 23.1 Å². The summed E-state index contributed by atoms with van der Waals surface area (Å²) in [5, 5.41) is 10.4. The zero-order chi connectivity index (χ0) is 24.1. The molecule has 0 spiro atoms. The summed E-state index contributed by atoms with van der Waals surface area (Å²) >= 11 is 0. The van der Waals surface area contributed by atoms with Gasteiger partial charge in [-0.05, 0) is 13.0 Å². The fourth-order valence-electron chi connectivity index (χ4n) is 2.99. The Balaban J connectivity index is 0.000000451. The molecule has 0 aliphatic carbocycles. The number of nitrogens with zero attached hydrogens (tertiary/aromatic N) is 4. The number of anilines is 1. The highest BCUT2D eigenvalue weighted by molar-refractivity contribution is 5.92. The number of carbonyl (C=O) groups excluding carboxylic acids is 1. The maximum absolute atomic E-state index is 12.9. The number of esters is 1. The molecule has 13 heteroatoms. The SMILES string of the molecule is CC#CCn1c(N2CCNCC2)nc2cc(C(=O)OC)n(C)c(=O)c21.O=C(O)C(F)(F)F. The monoisotopic (exact) mass is 457 g/mol. The molecule has 0 bridgehead atoms. The number of imidazole rings is 1. The molecule has 0 unspecified atom stereocenters. The van der Waals surface area contributed by atoms with Gasteiger partial charge in [0.05, 0.1) is 19.2 Å². The molecule has 2 N–H and O–H groups in total. The number of piperazine rings is 1. The number of rotatable bonds is 3. The number of hydrogen-bond donors (Lipinski definition) is 2. The second-order valence-electron chi connectivity index (χ2n) is 6.58. The molecule has 0 amide bonds. The van der Waals surface area contributed by atoms with Gasteiger partial charge in [-0.25, -0.2) is 14.6 Å². The summed E-state index contributed by atoms with van der Waals surface area (Å²) < 4.78 is 39.6. The van der Waals surface area contributed by atoms with Crippen LogP contribution in [0.2, 0.25) is 0 Å². The zero-order valence-electron chi connectivity index (χ0n) is 17.6. The van der Waals surface area contributed by atoms with Gasteiger partial charge in [-0.1, -0.05) is 5.92 Å². The Labute approximate surface area is 180 Å². The van der Waals surface area contributed by atoms with Crippen molar-refractivity contribution in [3.63, 3.8) is 0 Å². The average molecular weight is 457 g/mol. The van der Waals surface area contributed by atoms with E-state index < -0.39 is 18.1 Å². The van der Waals surface area contributed by atoms with Crippen molar-refractivity contribution in [2.75, 3.05) is 38.2 Å². The standard InChI is InChI=1S/C17H21N5O3.C2HF3O2/c1-4-5-8-22-14-12(19-17(22)21-9-6-18-7-10-21)11-13(16(24)25-3)20(2)15(14)23;3-2(4,5)1(6)7/h11,18H,6-10H2,1-3H3;(H,6,7). The molecular formula is C19H22F3N5O5. The van der Waals surface area contributed by atoms with Crippen LogP contribution < -0.4 is 15.8 Å². The summed E-state index contributed by atoms with van der Waals surface area (Å²) in [5.41, 5.74) is 0.823. The Morgan fingerprint density at radius 3 is 2.41 bits per heavy atom. The molecule has 0 radical (unpaired) electrons. The Kier molecular flexibility index (Phi) is 7.87. The highest BCUT2D eigenvalue weighted by Gasteiger charge is 2.38. The first-order valence-corrected chi connectivity index (χ1v) is 9.36. The van der Waals surface area contributed by atoms with Crippen LogP contribution in [0.15, 0.2) is 10.9 Å². The van der Waals surface area contributed by atoms with Gasteiger partial charge < -0.3 is 24.6 Å². The van der Waals surface area contributed by atoms with Crippen molar-refractivity contribution in [3.05, 3.63) is 22.1 Å². The molecule has 2 aromatic heterocycles. The molecule has 2 aromatic rings. The number of halogens is 3. The first-order chi connectivity index (χ1) is 15.0. The van der Waals surface area contributed by atoms with Crippen LogP contribution in [0, 0.1) is 11.8 Å². The number of ether oxygens (including phenoxy) is 1. The molecular weight excluding hydrogens is 435 g/mol. The number of carbonyl (C=O) groups is 2. The normalized spacial score (nSPS) is 13.6. The molecule has 1 aliphatic heterocycles. The first kappa shape index (κ1) is 24.7. The van der Waals surface area contributed by atoms with Crippen LogP contribution >= 0.6 is 0 Å². The van der Waals surface area contributed by atoms with Crippen LogP contribution in [0.3, 0.4) is 0 Å². The predicted molar refractivity (Wildman–Crippen MR) is 109 cm³/mol. The molecule has 32 heavy (non-hydrogen) atoms. The maximum Gasteiger partial charge on any atom is 0.490 e. The number of aromatic nitrogens is 3. The number of hydrogen-bond acceptors (Lipinski definition) is 7. The van der Waals surface area contributed by atoms with Crippen LogP contribution in [0.1, 0.15) is 17.4 Å².